The van der Waals surface area contributed by atoms with Gasteiger partial charge in [0, 0.05) is 11.8 Å². The molecule has 0 bridgehead atoms. The van der Waals surface area contributed by atoms with Gasteiger partial charge in [-0.3, -0.25) is 9.59 Å². The van der Waals surface area contributed by atoms with E-state index in [1.54, 1.807) is 24.3 Å². The smallest absolute Gasteiger partial charge is 0.286 e. The first-order chi connectivity index (χ1) is 12.7. The van der Waals surface area contributed by atoms with E-state index in [-0.39, 0.29) is 30.2 Å². The van der Waals surface area contributed by atoms with E-state index in [1.807, 2.05) is 11.4 Å². The van der Waals surface area contributed by atoms with Gasteiger partial charge in [-0.2, -0.15) is 0 Å². The molecule has 2 N–H and O–H groups in total. The fourth-order valence-electron chi connectivity index (χ4n) is 2.23. The molecular formula is C16H12N4O4S2. The Hall–Kier alpha value is -2.98. The number of benzene rings is 1. The number of ether oxygens (including phenoxy) is 2. The minimum atomic E-state index is -0.378. The van der Waals surface area contributed by atoms with Crippen molar-refractivity contribution in [3.8, 4) is 11.5 Å². The topological polar surface area (TPSA) is 102 Å². The SMILES string of the molecule is O=C(NCc1nnc(C(=O)Nc2ccc3c(c2)OCO3)s1)c1cccs1. The lowest BCUT2D eigenvalue weighted by molar-refractivity contribution is 0.0954. The Bertz CT molecular complexity index is 955. The van der Waals surface area contributed by atoms with E-state index < -0.39 is 0 Å². The van der Waals surface area contributed by atoms with Crippen LogP contribution in [-0.2, 0) is 6.54 Å². The number of carbonyl (C=O) groups excluding carboxylic acids is 2. The number of aromatic nitrogens is 2. The molecule has 0 radical (unpaired) electrons. The highest BCUT2D eigenvalue weighted by atomic mass is 32.1. The fraction of sp³-hybridized carbons (Fsp3) is 0.125. The third-order valence-electron chi connectivity index (χ3n) is 3.44. The molecule has 1 aliphatic rings. The van der Waals surface area contributed by atoms with Crippen LogP contribution in [0.3, 0.4) is 0 Å². The highest BCUT2D eigenvalue weighted by Crippen LogP contribution is 2.34. The Morgan fingerprint density at radius 3 is 2.85 bits per heavy atom. The highest BCUT2D eigenvalue weighted by Gasteiger charge is 2.17. The molecule has 0 unspecified atom stereocenters. The predicted molar refractivity (Wildman–Crippen MR) is 95.9 cm³/mol. The van der Waals surface area contributed by atoms with Crippen LogP contribution >= 0.6 is 22.7 Å². The van der Waals surface area contributed by atoms with Gasteiger partial charge >= 0.3 is 0 Å². The lowest BCUT2D eigenvalue weighted by Gasteiger charge is -2.03. The number of amides is 2. The molecule has 2 amide bonds. The summed E-state index contributed by atoms with van der Waals surface area (Å²) in [6, 6.07) is 8.68. The molecule has 2 aromatic heterocycles. The average molecular weight is 388 g/mol. The predicted octanol–water partition coefficient (Wildman–Crippen LogP) is 2.51. The van der Waals surface area contributed by atoms with E-state index in [1.165, 1.54) is 11.3 Å². The maximum absolute atomic E-state index is 12.3. The van der Waals surface area contributed by atoms with Crippen molar-refractivity contribution in [1.82, 2.24) is 15.5 Å². The lowest BCUT2D eigenvalue weighted by Crippen LogP contribution is -2.21. The molecule has 3 heterocycles. The average Bonchev–Trinajstić information content (AvgIpc) is 3.40. The maximum atomic E-state index is 12.3. The van der Waals surface area contributed by atoms with Crippen molar-refractivity contribution in [3.05, 3.63) is 50.6 Å². The molecule has 3 aromatic rings. The Balaban J connectivity index is 1.36. The van der Waals surface area contributed by atoms with Crippen LogP contribution in [0.4, 0.5) is 5.69 Å². The molecule has 8 nitrogen and oxygen atoms in total. The number of carbonyl (C=O) groups is 2. The fourth-order valence-corrected chi connectivity index (χ4v) is 3.54. The summed E-state index contributed by atoms with van der Waals surface area (Å²) in [6.45, 7) is 0.384. The summed E-state index contributed by atoms with van der Waals surface area (Å²) >= 11 is 2.48. The van der Waals surface area contributed by atoms with E-state index in [0.717, 1.165) is 11.3 Å². The number of fused-ring (bicyclic) bond motifs is 1. The third kappa shape index (κ3) is 3.51. The summed E-state index contributed by atoms with van der Waals surface area (Å²) < 4.78 is 10.5. The van der Waals surface area contributed by atoms with Gasteiger partial charge in [0.2, 0.25) is 11.8 Å². The van der Waals surface area contributed by atoms with Gasteiger partial charge in [0.05, 0.1) is 11.4 Å². The van der Waals surface area contributed by atoms with Crippen LogP contribution in [0.1, 0.15) is 24.5 Å². The quantitative estimate of drug-likeness (QED) is 0.696. The Morgan fingerprint density at radius 1 is 1.12 bits per heavy atom. The second kappa shape index (κ2) is 7.10. The van der Waals surface area contributed by atoms with E-state index in [2.05, 4.69) is 20.8 Å². The molecule has 0 fully saturated rings. The van der Waals surface area contributed by atoms with Gasteiger partial charge in [0.15, 0.2) is 11.5 Å². The van der Waals surface area contributed by atoms with Crippen LogP contribution < -0.4 is 20.1 Å². The number of anilines is 1. The van der Waals surface area contributed by atoms with Gasteiger partial charge in [-0.15, -0.1) is 21.5 Å². The number of hydrogen-bond donors (Lipinski definition) is 2. The Labute approximate surface area is 155 Å². The molecule has 0 atom stereocenters. The number of nitrogens with one attached hydrogen (secondary N) is 2. The maximum Gasteiger partial charge on any atom is 0.286 e. The van der Waals surface area contributed by atoms with Crippen LogP contribution in [0.2, 0.25) is 0 Å². The molecule has 0 aliphatic carbocycles. The van der Waals surface area contributed by atoms with Crippen molar-refractivity contribution in [2.75, 3.05) is 12.1 Å². The van der Waals surface area contributed by atoms with Crippen molar-refractivity contribution < 1.29 is 19.1 Å². The molecule has 1 aromatic carbocycles. The summed E-state index contributed by atoms with van der Waals surface area (Å²) in [5.41, 5.74) is 0.571. The zero-order valence-electron chi connectivity index (χ0n) is 13.2. The van der Waals surface area contributed by atoms with Crippen molar-refractivity contribution in [3.63, 3.8) is 0 Å². The standard InChI is InChI=1S/C16H12N4O4S2/c21-14(12-2-1-5-25-12)17-7-13-19-20-16(26-13)15(22)18-9-3-4-10-11(6-9)24-8-23-10/h1-6H,7-8H2,(H,17,21)(H,18,22). The van der Waals surface area contributed by atoms with E-state index in [9.17, 15) is 9.59 Å². The van der Waals surface area contributed by atoms with Crippen molar-refractivity contribution >= 4 is 40.2 Å². The molecule has 26 heavy (non-hydrogen) atoms. The number of hydrogen-bond acceptors (Lipinski definition) is 8. The summed E-state index contributed by atoms with van der Waals surface area (Å²) in [6.07, 6.45) is 0. The van der Waals surface area contributed by atoms with Crippen LogP contribution in [0.5, 0.6) is 11.5 Å². The molecule has 1 aliphatic heterocycles. The van der Waals surface area contributed by atoms with E-state index >= 15 is 0 Å². The first kappa shape index (κ1) is 16.5. The highest BCUT2D eigenvalue weighted by molar-refractivity contribution is 7.13. The summed E-state index contributed by atoms with van der Waals surface area (Å²) in [4.78, 5) is 24.8. The van der Waals surface area contributed by atoms with E-state index in [0.29, 0.717) is 27.1 Å². The van der Waals surface area contributed by atoms with Gasteiger partial charge in [-0.25, -0.2) is 0 Å². The third-order valence-corrected chi connectivity index (χ3v) is 5.23. The first-order valence-electron chi connectivity index (χ1n) is 7.54. The van der Waals surface area contributed by atoms with Crippen LogP contribution in [0.25, 0.3) is 0 Å². The zero-order valence-corrected chi connectivity index (χ0v) is 14.9. The number of thiophene rings is 1. The van der Waals surface area contributed by atoms with Crippen molar-refractivity contribution in [2.24, 2.45) is 0 Å². The molecule has 0 spiro atoms. The van der Waals surface area contributed by atoms with Crippen molar-refractivity contribution in [2.45, 2.75) is 6.54 Å². The van der Waals surface area contributed by atoms with Crippen LogP contribution in [0, 0.1) is 0 Å². The van der Waals surface area contributed by atoms with Gasteiger partial charge < -0.3 is 20.1 Å². The monoisotopic (exact) mass is 388 g/mol. The van der Waals surface area contributed by atoms with Gasteiger partial charge in [0.25, 0.3) is 11.8 Å². The minimum Gasteiger partial charge on any atom is -0.454 e. The summed E-state index contributed by atoms with van der Waals surface area (Å²) in [5, 5.41) is 15.9. The van der Waals surface area contributed by atoms with Crippen LogP contribution in [-0.4, -0.2) is 28.8 Å². The van der Waals surface area contributed by atoms with Gasteiger partial charge in [0.1, 0.15) is 5.01 Å². The van der Waals surface area contributed by atoms with Crippen LogP contribution in [0.15, 0.2) is 35.7 Å². The summed E-state index contributed by atoms with van der Waals surface area (Å²) in [5.74, 6) is 0.665. The zero-order chi connectivity index (χ0) is 17.9. The minimum absolute atomic E-state index is 0.170. The molecular weight excluding hydrogens is 376 g/mol. The second-order valence-corrected chi connectivity index (χ2v) is 7.19. The van der Waals surface area contributed by atoms with Crippen molar-refractivity contribution in [1.29, 1.82) is 0 Å². The number of nitrogens with zero attached hydrogens (tertiary/aromatic N) is 2. The first-order valence-corrected chi connectivity index (χ1v) is 9.24. The normalized spacial score (nSPS) is 12.0. The lowest BCUT2D eigenvalue weighted by atomic mass is 10.3. The van der Waals surface area contributed by atoms with Gasteiger partial charge in [-0.1, -0.05) is 17.4 Å². The molecule has 0 saturated carbocycles. The number of rotatable bonds is 5. The molecule has 132 valence electrons. The molecule has 4 rings (SSSR count). The van der Waals surface area contributed by atoms with E-state index in [4.69, 9.17) is 9.47 Å². The van der Waals surface area contributed by atoms with Gasteiger partial charge in [-0.05, 0) is 23.6 Å². The molecule has 10 heteroatoms. The molecule has 0 saturated heterocycles. The summed E-state index contributed by atoms with van der Waals surface area (Å²) in [7, 11) is 0. The Morgan fingerprint density at radius 2 is 2.00 bits per heavy atom. The Kier molecular flexibility index (Phi) is 4.50. The second-order valence-electron chi connectivity index (χ2n) is 5.18. The largest absolute Gasteiger partial charge is 0.454 e.